The van der Waals surface area contributed by atoms with Gasteiger partial charge in [-0.15, -0.1) is 0 Å². The highest BCUT2D eigenvalue weighted by Crippen LogP contribution is 2.30. The lowest BCUT2D eigenvalue weighted by Gasteiger charge is -2.11. The SMILES string of the molecule is Cc1ccc2nc(C(F)(F)F)nc(NCC(=O)O)c2c1. The number of carboxylic acids is 1. The number of nitrogens with one attached hydrogen (secondary N) is 1. The third kappa shape index (κ3) is 2.95. The number of fused-ring (bicyclic) bond motifs is 1. The summed E-state index contributed by atoms with van der Waals surface area (Å²) in [5.74, 6) is -2.65. The lowest BCUT2D eigenvalue weighted by molar-refractivity contribution is -0.144. The highest BCUT2D eigenvalue weighted by molar-refractivity contribution is 5.90. The molecule has 0 atom stereocenters. The molecule has 0 aliphatic carbocycles. The number of hydrogen-bond acceptors (Lipinski definition) is 4. The van der Waals surface area contributed by atoms with E-state index in [4.69, 9.17) is 5.11 Å². The van der Waals surface area contributed by atoms with Crippen LogP contribution in [0.3, 0.4) is 0 Å². The molecule has 2 N–H and O–H groups in total. The van der Waals surface area contributed by atoms with E-state index >= 15 is 0 Å². The Balaban J connectivity index is 2.60. The molecule has 0 saturated heterocycles. The summed E-state index contributed by atoms with van der Waals surface area (Å²) in [4.78, 5) is 17.4. The number of aromatic nitrogens is 2. The molecule has 0 radical (unpaired) electrons. The predicted molar refractivity (Wildman–Crippen MR) is 65.4 cm³/mol. The Morgan fingerprint density at radius 1 is 1.35 bits per heavy atom. The van der Waals surface area contributed by atoms with Gasteiger partial charge in [0.25, 0.3) is 0 Å². The molecule has 1 aromatic heterocycles. The first-order chi connectivity index (χ1) is 9.27. The topological polar surface area (TPSA) is 75.1 Å². The molecule has 0 unspecified atom stereocenters. The van der Waals surface area contributed by atoms with Gasteiger partial charge in [-0.3, -0.25) is 4.79 Å². The Hall–Kier alpha value is -2.38. The normalized spacial score (nSPS) is 11.6. The summed E-state index contributed by atoms with van der Waals surface area (Å²) < 4.78 is 38.1. The zero-order valence-corrected chi connectivity index (χ0v) is 10.3. The smallest absolute Gasteiger partial charge is 0.451 e. The third-order valence-electron chi connectivity index (χ3n) is 2.51. The third-order valence-corrected chi connectivity index (χ3v) is 2.51. The van der Waals surface area contributed by atoms with Crippen LogP contribution in [0.2, 0.25) is 0 Å². The minimum atomic E-state index is -4.70. The standard InChI is InChI=1S/C12H10F3N3O2/c1-6-2-3-8-7(4-6)10(16-5-9(19)20)18-11(17-8)12(13,14)15/h2-4H,5H2,1H3,(H,19,20)(H,16,17,18). The number of aryl methyl sites for hydroxylation is 1. The molecule has 0 amide bonds. The van der Waals surface area contributed by atoms with Gasteiger partial charge in [0.05, 0.1) is 5.52 Å². The first-order valence-electron chi connectivity index (χ1n) is 5.58. The van der Waals surface area contributed by atoms with Gasteiger partial charge in [0.2, 0.25) is 5.82 Å². The monoisotopic (exact) mass is 285 g/mol. The quantitative estimate of drug-likeness (QED) is 0.906. The Morgan fingerprint density at radius 3 is 2.65 bits per heavy atom. The average Bonchev–Trinajstić information content (AvgIpc) is 2.34. The summed E-state index contributed by atoms with van der Waals surface area (Å²) in [7, 11) is 0. The van der Waals surface area contributed by atoms with Gasteiger partial charge in [0.1, 0.15) is 12.4 Å². The van der Waals surface area contributed by atoms with E-state index in [9.17, 15) is 18.0 Å². The molecule has 0 fully saturated rings. The van der Waals surface area contributed by atoms with E-state index in [2.05, 4.69) is 15.3 Å². The van der Waals surface area contributed by atoms with Crippen molar-refractivity contribution in [2.75, 3.05) is 11.9 Å². The Bertz CT molecular complexity index is 671. The molecule has 106 valence electrons. The van der Waals surface area contributed by atoms with E-state index in [-0.39, 0.29) is 11.3 Å². The van der Waals surface area contributed by atoms with Gasteiger partial charge in [0, 0.05) is 5.39 Å². The average molecular weight is 285 g/mol. The molecule has 20 heavy (non-hydrogen) atoms. The van der Waals surface area contributed by atoms with E-state index in [0.29, 0.717) is 5.39 Å². The largest absolute Gasteiger partial charge is 0.480 e. The zero-order chi connectivity index (χ0) is 14.9. The fourth-order valence-electron chi connectivity index (χ4n) is 1.66. The fraction of sp³-hybridized carbons (Fsp3) is 0.250. The number of aliphatic carboxylic acids is 1. The van der Waals surface area contributed by atoms with E-state index in [1.165, 1.54) is 6.07 Å². The number of carboxylic acid groups (broad SMARTS) is 1. The number of carbonyl (C=O) groups is 1. The van der Waals surface area contributed by atoms with Gasteiger partial charge in [-0.2, -0.15) is 13.2 Å². The molecule has 0 aliphatic rings. The summed E-state index contributed by atoms with van der Waals surface area (Å²) in [6.07, 6.45) is -4.70. The second-order valence-corrected chi connectivity index (χ2v) is 4.16. The summed E-state index contributed by atoms with van der Waals surface area (Å²) >= 11 is 0. The van der Waals surface area contributed by atoms with Crippen molar-refractivity contribution in [2.24, 2.45) is 0 Å². The van der Waals surface area contributed by atoms with Crippen molar-refractivity contribution >= 4 is 22.7 Å². The van der Waals surface area contributed by atoms with Crippen LogP contribution in [-0.4, -0.2) is 27.6 Å². The fourth-order valence-corrected chi connectivity index (χ4v) is 1.66. The molecule has 5 nitrogen and oxygen atoms in total. The van der Waals surface area contributed by atoms with Gasteiger partial charge in [0.15, 0.2) is 0 Å². The predicted octanol–water partition coefficient (Wildman–Crippen LogP) is 2.45. The van der Waals surface area contributed by atoms with Crippen LogP contribution < -0.4 is 5.32 Å². The second kappa shape index (κ2) is 4.95. The van der Waals surface area contributed by atoms with Gasteiger partial charge in [-0.1, -0.05) is 11.6 Å². The summed E-state index contributed by atoms with van der Waals surface area (Å²) in [6.45, 7) is 1.23. The van der Waals surface area contributed by atoms with E-state index in [1.807, 2.05) is 0 Å². The number of rotatable bonds is 3. The van der Waals surface area contributed by atoms with Crippen LogP contribution in [0.4, 0.5) is 19.0 Å². The van der Waals surface area contributed by atoms with E-state index < -0.39 is 24.5 Å². The lowest BCUT2D eigenvalue weighted by atomic mass is 10.1. The van der Waals surface area contributed by atoms with Crippen LogP contribution in [0, 0.1) is 6.92 Å². The number of nitrogens with zero attached hydrogens (tertiary/aromatic N) is 2. The molecule has 0 saturated carbocycles. The molecular weight excluding hydrogens is 275 g/mol. The maximum Gasteiger partial charge on any atom is 0.451 e. The second-order valence-electron chi connectivity index (χ2n) is 4.16. The maximum absolute atomic E-state index is 12.7. The van der Waals surface area contributed by atoms with Crippen molar-refractivity contribution in [3.8, 4) is 0 Å². The molecule has 0 spiro atoms. The molecule has 8 heteroatoms. The Labute approximate surface area is 111 Å². The lowest BCUT2D eigenvalue weighted by Crippen LogP contribution is -2.17. The highest BCUT2D eigenvalue weighted by Gasteiger charge is 2.35. The summed E-state index contributed by atoms with van der Waals surface area (Å²) in [5.41, 5.74) is 0.907. The van der Waals surface area contributed by atoms with Crippen molar-refractivity contribution < 1.29 is 23.1 Å². The van der Waals surface area contributed by atoms with Crippen LogP contribution in [0.5, 0.6) is 0 Å². The van der Waals surface area contributed by atoms with Crippen LogP contribution in [0.1, 0.15) is 11.4 Å². The van der Waals surface area contributed by atoms with Crippen molar-refractivity contribution in [3.05, 3.63) is 29.6 Å². The first-order valence-corrected chi connectivity index (χ1v) is 5.58. The summed E-state index contributed by atoms with van der Waals surface area (Å²) in [6, 6.07) is 4.66. The van der Waals surface area contributed by atoms with Gasteiger partial charge in [-0.25, -0.2) is 9.97 Å². The molecule has 1 aromatic carbocycles. The minimum Gasteiger partial charge on any atom is -0.480 e. The van der Waals surface area contributed by atoms with Gasteiger partial charge >= 0.3 is 12.1 Å². The molecule has 2 rings (SSSR count). The van der Waals surface area contributed by atoms with Gasteiger partial charge in [-0.05, 0) is 19.1 Å². The number of anilines is 1. The Kier molecular flexibility index (Phi) is 3.47. The Morgan fingerprint density at radius 2 is 2.05 bits per heavy atom. The molecular formula is C12H10F3N3O2. The van der Waals surface area contributed by atoms with Crippen LogP contribution in [0.15, 0.2) is 18.2 Å². The number of hydrogen-bond donors (Lipinski definition) is 2. The van der Waals surface area contributed by atoms with Crippen LogP contribution in [0.25, 0.3) is 10.9 Å². The van der Waals surface area contributed by atoms with Crippen molar-refractivity contribution in [1.29, 1.82) is 0 Å². The molecule has 0 aliphatic heterocycles. The van der Waals surface area contributed by atoms with Crippen molar-refractivity contribution in [2.45, 2.75) is 13.1 Å². The van der Waals surface area contributed by atoms with E-state index in [0.717, 1.165) is 5.56 Å². The van der Waals surface area contributed by atoms with Crippen molar-refractivity contribution in [1.82, 2.24) is 9.97 Å². The maximum atomic E-state index is 12.7. The first kappa shape index (κ1) is 14.0. The van der Waals surface area contributed by atoms with Crippen molar-refractivity contribution in [3.63, 3.8) is 0 Å². The number of alkyl halides is 3. The van der Waals surface area contributed by atoms with Gasteiger partial charge < -0.3 is 10.4 Å². The van der Waals surface area contributed by atoms with E-state index in [1.54, 1.807) is 19.1 Å². The molecule has 2 aromatic rings. The number of halogens is 3. The van der Waals surface area contributed by atoms with Crippen LogP contribution in [-0.2, 0) is 11.0 Å². The highest BCUT2D eigenvalue weighted by atomic mass is 19.4. The number of benzene rings is 1. The molecule has 0 bridgehead atoms. The molecule has 1 heterocycles. The minimum absolute atomic E-state index is 0.103. The van der Waals surface area contributed by atoms with Crippen LogP contribution >= 0.6 is 0 Å². The summed E-state index contributed by atoms with van der Waals surface area (Å²) in [5, 5.41) is 11.3. The zero-order valence-electron chi connectivity index (χ0n) is 10.3.